The van der Waals surface area contributed by atoms with Crippen LogP contribution < -0.4 is 10.6 Å². The zero-order valence-corrected chi connectivity index (χ0v) is 11.6. The second-order valence-electron chi connectivity index (χ2n) is 3.32. The molecule has 0 saturated carbocycles. The summed E-state index contributed by atoms with van der Waals surface area (Å²) in [6.07, 6.45) is 0.707. The zero-order valence-electron chi connectivity index (χ0n) is 9.20. The molecule has 0 radical (unpaired) electrons. The molecule has 94 valence electrons. The molecule has 0 bridgehead atoms. The predicted octanol–water partition coefficient (Wildman–Crippen LogP) is 1.42. The van der Waals surface area contributed by atoms with E-state index in [9.17, 15) is 4.79 Å². The molecule has 0 aliphatic heterocycles. The molecule has 5 nitrogen and oxygen atoms in total. The molecular formula is C10H13BrN2O3S. The van der Waals surface area contributed by atoms with Crippen molar-refractivity contribution < 1.29 is 14.3 Å². The molecule has 1 aromatic heterocycles. The smallest absolute Gasteiger partial charge is 0.293 e. The van der Waals surface area contributed by atoms with Crippen molar-refractivity contribution in [3.8, 4) is 0 Å². The number of nitrogens with one attached hydrogen (secondary N) is 2. The van der Waals surface area contributed by atoms with Crippen molar-refractivity contribution in [3.63, 3.8) is 0 Å². The van der Waals surface area contributed by atoms with Crippen LogP contribution in [0.1, 0.15) is 23.9 Å². The van der Waals surface area contributed by atoms with E-state index in [0.29, 0.717) is 11.1 Å². The van der Waals surface area contributed by atoms with Gasteiger partial charge in [-0.3, -0.25) is 10.1 Å². The van der Waals surface area contributed by atoms with Crippen molar-refractivity contribution in [3.05, 3.63) is 22.6 Å². The van der Waals surface area contributed by atoms with E-state index in [0.717, 1.165) is 0 Å². The lowest BCUT2D eigenvalue weighted by atomic mass is 10.2. The largest absolute Gasteiger partial charge is 0.444 e. The van der Waals surface area contributed by atoms with E-state index in [1.807, 2.05) is 6.92 Å². The van der Waals surface area contributed by atoms with Crippen molar-refractivity contribution in [2.75, 3.05) is 6.61 Å². The van der Waals surface area contributed by atoms with Gasteiger partial charge in [0.25, 0.3) is 5.91 Å². The first kappa shape index (κ1) is 14.1. The number of carbonyl (C=O) groups is 1. The summed E-state index contributed by atoms with van der Waals surface area (Å²) in [5.41, 5.74) is 0. The summed E-state index contributed by atoms with van der Waals surface area (Å²) in [4.78, 5) is 11.6. The molecule has 1 amide bonds. The Bertz CT molecular complexity index is 404. The summed E-state index contributed by atoms with van der Waals surface area (Å²) in [6, 6.07) is 2.99. The van der Waals surface area contributed by atoms with E-state index in [-0.39, 0.29) is 23.5 Å². The fourth-order valence-corrected chi connectivity index (χ4v) is 1.67. The maximum absolute atomic E-state index is 11.6. The second-order valence-corrected chi connectivity index (χ2v) is 4.51. The highest BCUT2D eigenvalue weighted by Crippen LogP contribution is 2.13. The molecule has 0 saturated heterocycles. The fraction of sp³-hybridized carbons (Fsp3) is 0.400. The first-order valence-corrected chi connectivity index (χ1v) is 6.25. The first-order valence-electron chi connectivity index (χ1n) is 5.04. The molecule has 3 N–H and O–H groups in total. The molecule has 1 atom stereocenters. The fourth-order valence-electron chi connectivity index (χ4n) is 1.10. The highest BCUT2D eigenvalue weighted by atomic mass is 79.9. The summed E-state index contributed by atoms with van der Waals surface area (Å²) >= 11 is 8.04. The summed E-state index contributed by atoms with van der Waals surface area (Å²) in [6.45, 7) is 1.86. The maximum atomic E-state index is 11.6. The minimum atomic E-state index is -0.430. The summed E-state index contributed by atoms with van der Waals surface area (Å²) in [7, 11) is 0. The molecule has 0 aromatic carbocycles. The highest BCUT2D eigenvalue weighted by Gasteiger charge is 2.13. The van der Waals surface area contributed by atoms with E-state index in [1.165, 1.54) is 6.07 Å². The lowest BCUT2D eigenvalue weighted by molar-refractivity contribution is 0.0947. The Labute approximate surface area is 113 Å². The quantitative estimate of drug-likeness (QED) is 0.732. The van der Waals surface area contributed by atoms with Crippen LogP contribution in [-0.2, 0) is 0 Å². The van der Waals surface area contributed by atoms with Crippen molar-refractivity contribution in [2.24, 2.45) is 0 Å². The monoisotopic (exact) mass is 320 g/mol. The standard InChI is InChI=1S/C10H13BrN2O3S/c1-2-6(5-14)12-10(17)13-9(15)7-3-4-8(11)16-7/h3-4,6,14H,2,5H2,1H3,(H2,12,13,15,17). The molecule has 7 heteroatoms. The van der Waals surface area contributed by atoms with E-state index >= 15 is 0 Å². The van der Waals surface area contributed by atoms with Gasteiger partial charge in [0.2, 0.25) is 0 Å². The number of aliphatic hydroxyl groups is 1. The van der Waals surface area contributed by atoms with Gasteiger partial charge < -0.3 is 14.8 Å². The van der Waals surface area contributed by atoms with Crippen LogP contribution in [0.3, 0.4) is 0 Å². The van der Waals surface area contributed by atoms with Gasteiger partial charge in [-0.25, -0.2) is 0 Å². The van der Waals surface area contributed by atoms with E-state index < -0.39 is 5.91 Å². The molecule has 0 aliphatic carbocycles. The first-order chi connectivity index (χ1) is 8.06. The Hall–Kier alpha value is -0.920. The summed E-state index contributed by atoms with van der Waals surface area (Å²) < 4.78 is 5.55. The van der Waals surface area contributed by atoms with Gasteiger partial charge in [-0.05, 0) is 46.7 Å². The van der Waals surface area contributed by atoms with Crippen LogP contribution in [0.15, 0.2) is 21.2 Å². The summed E-state index contributed by atoms with van der Waals surface area (Å²) in [5, 5.41) is 14.4. The molecule has 1 rings (SSSR count). The molecule has 1 unspecified atom stereocenters. The van der Waals surface area contributed by atoms with Gasteiger partial charge >= 0.3 is 0 Å². The number of thiocarbonyl (C=S) groups is 1. The summed E-state index contributed by atoms with van der Waals surface area (Å²) in [5.74, 6) is -0.265. The third kappa shape index (κ3) is 4.45. The number of halogens is 1. The lowest BCUT2D eigenvalue weighted by Gasteiger charge is -2.15. The topological polar surface area (TPSA) is 74.5 Å². The van der Waals surface area contributed by atoms with Gasteiger partial charge in [-0.15, -0.1) is 0 Å². The van der Waals surface area contributed by atoms with Crippen molar-refractivity contribution in [2.45, 2.75) is 19.4 Å². The van der Waals surface area contributed by atoms with Crippen LogP contribution in [0, 0.1) is 0 Å². The minimum absolute atomic E-state index is 0.0428. The van der Waals surface area contributed by atoms with Gasteiger partial charge in [-0.1, -0.05) is 6.92 Å². The molecule has 0 fully saturated rings. The van der Waals surface area contributed by atoms with Gasteiger partial charge in [0.1, 0.15) is 0 Å². The number of furan rings is 1. The Morgan fingerprint density at radius 2 is 2.35 bits per heavy atom. The molecule has 1 aromatic rings. The Morgan fingerprint density at radius 3 is 2.82 bits per heavy atom. The molecule has 1 heterocycles. The number of hydrogen-bond donors (Lipinski definition) is 3. The number of rotatable bonds is 4. The highest BCUT2D eigenvalue weighted by molar-refractivity contribution is 9.10. The van der Waals surface area contributed by atoms with Crippen molar-refractivity contribution in [1.29, 1.82) is 0 Å². The van der Waals surface area contributed by atoms with Crippen LogP contribution in [0.2, 0.25) is 0 Å². The normalized spacial score (nSPS) is 11.9. The maximum Gasteiger partial charge on any atom is 0.293 e. The zero-order chi connectivity index (χ0) is 12.8. The second kappa shape index (κ2) is 6.73. The third-order valence-corrected chi connectivity index (χ3v) is 2.72. The lowest BCUT2D eigenvalue weighted by Crippen LogP contribution is -2.45. The van der Waals surface area contributed by atoms with Crippen molar-refractivity contribution >= 4 is 39.2 Å². The number of aliphatic hydroxyl groups excluding tert-OH is 1. The molecule has 0 aliphatic rings. The molecular weight excluding hydrogens is 308 g/mol. The van der Waals surface area contributed by atoms with Crippen LogP contribution in [0.25, 0.3) is 0 Å². The van der Waals surface area contributed by atoms with Crippen LogP contribution in [0.4, 0.5) is 0 Å². The Morgan fingerprint density at radius 1 is 1.65 bits per heavy atom. The molecule has 17 heavy (non-hydrogen) atoms. The van der Waals surface area contributed by atoms with E-state index in [1.54, 1.807) is 6.07 Å². The van der Waals surface area contributed by atoms with Gasteiger partial charge in [0.15, 0.2) is 15.5 Å². The van der Waals surface area contributed by atoms with Gasteiger partial charge in [-0.2, -0.15) is 0 Å². The Balaban J connectivity index is 2.49. The van der Waals surface area contributed by atoms with E-state index in [4.69, 9.17) is 21.7 Å². The van der Waals surface area contributed by atoms with Crippen LogP contribution >= 0.6 is 28.1 Å². The number of hydrogen-bond acceptors (Lipinski definition) is 4. The number of amides is 1. The van der Waals surface area contributed by atoms with Gasteiger partial charge in [0.05, 0.1) is 12.6 Å². The predicted molar refractivity (Wildman–Crippen MR) is 70.8 cm³/mol. The minimum Gasteiger partial charge on any atom is -0.444 e. The average molecular weight is 321 g/mol. The van der Waals surface area contributed by atoms with Gasteiger partial charge in [0, 0.05) is 0 Å². The van der Waals surface area contributed by atoms with Crippen LogP contribution in [-0.4, -0.2) is 28.8 Å². The van der Waals surface area contributed by atoms with Crippen molar-refractivity contribution in [1.82, 2.24) is 10.6 Å². The number of carbonyl (C=O) groups excluding carboxylic acids is 1. The average Bonchev–Trinajstić information content (AvgIpc) is 2.72. The molecule has 0 spiro atoms. The Kier molecular flexibility index (Phi) is 5.60. The van der Waals surface area contributed by atoms with Crippen LogP contribution in [0.5, 0.6) is 0 Å². The SMILES string of the molecule is CCC(CO)NC(=S)NC(=O)c1ccc(Br)o1. The third-order valence-electron chi connectivity index (χ3n) is 2.07. The van der Waals surface area contributed by atoms with E-state index in [2.05, 4.69) is 26.6 Å².